The smallest absolute Gasteiger partial charge is 0.191 e. The Morgan fingerprint density at radius 2 is 1.74 bits per heavy atom. The van der Waals surface area contributed by atoms with Crippen LogP contribution < -0.4 is 10.6 Å². The van der Waals surface area contributed by atoms with E-state index in [2.05, 4.69) is 51.7 Å². The van der Waals surface area contributed by atoms with Crippen molar-refractivity contribution < 1.29 is 0 Å². The maximum absolute atomic E-state index is 4.28. The van der Waals surface area contributed by atoms with Gasteiger partial charge in [0.2, 0.25) is 0 Å². The first-order chi connectivity index (χ1) is 11.3. The van der Waals surface area contributed by atoms with Crippen LogP contribution in [0.25, 0.3) is 0 Å². The molecule has 4 nitrogen and oxygen atoms in total. The molecule has 128 valence electrons. The summed E-state index contributed by atoms with van der Waals surface area (Å²) in [6.07, 6.45) is 6.56. The summed E-state index contributed by atoms with van der Waals surface area (Å²) >= 11 is 0. The maximum Gasteiger partial charge on any atom is 0.191 e. The van der Waals surface area contributed by atoms with Crippen molar-refractivity contribution in [1.29, 1.82) is 0 Å². The first-order valence-corrected chi connectivity index (χ1v) is 9.07. The van der Waals surface area contributed by atoms with Gasteiger partial charge in [-0.3, -0.25) is 9.89 Å². The number of hydrogen-bond acceptors (Lipinski definition) is 2. The SMILES string of the molecule is CCCNC(=NC)NCc1ccccc1CN1CCCCCC1. The Kier molecular flexibility index (Phi) is 7.95. The number of benzene rings is 1. The molecule has 0 bridgehead atoms. The molecule has 1 aliphatic heterocycles. The average molecular weight is 316 g/mol. The van der Waals surface area contributed by atoms with Crippen LogP contribution >= 0.6 is 0 Å². The van der Waals surface area contributed by atoms with Crippen LogP contribution in [0.15, 0.2) is 29.3 Å². The molecule has 2 N–H and O–H groups in total. The van der Waals surface area contributed by atoms with Crippen LogP contribution in [0, 0.1) is 0 Å². The molecule has 1 heterocycles. The van der Waals surface area contributed by atoms with Gasteiger partial charge in [-0.1, -0.05) is 44.0 Å². The fourth-order valence-electron chi connectivity index (χ4n) is 3.06. The Morgan fingerprint density at radius 3 is 2.39 bits per heavy atom. The lowest BCUT2D eigenvalue weighted by molar-refractivity contribution is 0.276. The Morgan fingerprint density at radius 1 is 1.04 bits per heavy atom. The van der Waals surface area contributed by atoms with Crippen molar-refractivity contribution in [3.63, 3.8) is 0 Å². The molecule has 1 aromatic carbocycles. The average Bonchev–Trinajstić information content (AvgIpc) is 2.85. The van der Waals surface area contributed by atoms with Crippen molar-refractivity contribution in [1.82, 2.24) is 15.5 Å². The Labute approximate surface area is 141 Å². The zero-order valence-electron chi connectivity index (χ0n) is 14.8. The lowest BCUT2D eigenvalue weighted by Crippen LogP contribution is -2.37. The van der Waals surface area contributed by atoms with Crippen LogP contribution in [0.5, 0.6) is 0 Å². The van der Waals surface area contributed by atoms with Gasteiger partial charge in [-0.05, 0) is 43.5 Å². The topological polar surface area (TPSA) is 39.7 Å². The lowest BCUT2D eigenvalue weighted by atomic mass is 10.1. The van der Waals surface area contributed by atoms with Crippen molar-refractivity contribution in [3.8, 4) is 0 Å². The highest BCUT2D eigenvalue weighted by atomic mass is 15.2. The molecule has 0 unspecified atom stereocenters. The van der Waals surface area contributed by atoms with Gasteiger partial charge in [0.05, 0.1) is 0 Å². The second-order valence-corrected chi connectivity index (χ2v) is 6.31. The van der Waals surface area contributed by atoms with E-state index in [0.29, 0.717) is 0 Å². The van der Waals surface area contributed by atoms with Gasteiger partial charge in [0.1, 0.15) is 0 Å². The van der Waals surface area contributed by atoms with E-state index in [1.807, 2.05) is 7.05 Å². The number of nitrogens with one attached hydrogen (secondary N) is 2. The lowest BCUT2D eigenvalue weighted by Gasteiger charge is -2.22. The summed E-state index contributed by atoms with van der Waals surface area (Å²) in [5.41, 5.74) is 2.81. The van der Waals surface area contributed by atoms with Gasteiger partial charge in [0, 0.05) is 26.7 Å². The van der Waals surface area contributed by atoms with Crippen LogP contribution in [-0.2, 0) is 13.1 Å². The van der Waals surface area contributed by atoms with E-state index in [1.54, 1.807) is 0 Å². The Bertz CT molecular complexity index is 476. The van der Waals surface area contributed by atoms with Crippen LogP contribution in [0.3, 0.4) is 0 Å². The van der Waals surface area contributed by atoms with Gasteiger partial charge in [0.15, 0.2) is 5.96 Å². The molecular formula is C19H32N4. The monoisotopic (exact) mass is 316 g/mol. The third kappa shape index (κ3) is 6.22. The molecule has 1 aromatic rings. The van der Waals surface area contributed by atoms with E-state index in [0.717, 1.165) is 32.0 Å². The predicted molar refractivity (Wildman–Crippen MR) is 98.7 cm³/mol. The molecule has 4 heteroatoms. The molecular weight excluding hydrogens is 284 g/mol. The number of rotatable bonds is 6. The van der Waals surface area contributed by atoms with Crippen molar-refractivity contribution >= 4 is 5.96 Å². The van der Waals surface area contributed by atoms with E-state index in [1.165, 1.54) is 49.9 Å². The summed E-state index contributed by atoms with van der Waals surface area (Å²) in [6.45, 7) is 7.49. The molecule has 0 atom stereocenters. The van der Waals surface area contributed by atoms with E-state index in [4.69, 9.17) is 0 Å². The number of likely N-dealkylation sites (tertiary alicyclic amines) is 1. The molecule has 23 heavy (non-hydrogen) atoms. The van der Waals surface area contributed by atoms with Crippen molar-refractivity contribution in [2.45, 2.75) is 52.1 Å². The molecule has 1 fully saturated rings. The molecule has 1 aliphatic rings. The van der Waals surface area contributed by atoms with E-state index >= 15 is 0 Å². The number of hydrogen-bond donors (Lipinski definition) is 2. The van der Waals surface area contributed by atoms with Crippen LogP contribution in [-0.4, -0.2) is 37.5 Å². The molecule has 0 saturated carbocycles. The van der Waals surface area contributed by atoms with Gasteiger partial charge in [-0.2, -0.15) is 0 Å². The van der Waals surface area contributed by atoms with Crippen molar-refractivity contribution in [2.24, 2.45) is 4.99 Å². The number of guanidine groups is 1. The van der Waals surface area contributed by atoms with Gasteiger partial charge in [0.25, 0.3) is 0 Å². The zero-order chi connectivity index (χ0) is 16.3. The quantitative estimate of drug-likeness (QED) is 0.626. The van der Waals surface area contributed by atoms with Crippen molar-refractivity contribution in [2.75, 3.05) is 26.7 Å². The molecule has 0 aromatic heterocycles. The van der Waals surface area contributed by atoms with Crippen LogP contribution in [0.4, 0.5) is 0 Å². The second kappa shape index (κ2) is 10.3. The molecule has 2 rings (SSSR count). The van der Waals surface area contributed by atoms with E-state index in [-0.39, 0.29) is 0 Å². The first-order valence-electron chi connectivity index (χ1n) is 9.07. The summed E-state index contributed by atoms with van der Waals surface area (Å²) in [6, 6.07) is 8.78. The van der Waals surface area contributed by atoms with Gasteiger partial charge in [-0.25, -0.2) is 0 Å². The fourth-order valence-corrected chi connectivity index (χ4v) is 3.06. The third-order valence-corrected chi connectivity index (χ3v) is 4.42. The molecule has 0 amide bonds. The summed E-state index contributed by atoms with van der Waals surface area (Å²) in [4.78, 5) is 6.89. The third-order valence-electron chi connectivity index (χ3n) is 4.42. The highest BCUT2D eigenvalue weighted by Gasteiger charge is 2.11. The fraction of sp³-hybridized carbons (Fsp3) is 0.632. The molecule has 0 spiro atoms. The van der Waals surface area contributed by atoms with Crippen LogP contribution in [0.2, 0.25) is 0 Å². The van der Waals surface area contributed by atoms with Gasteiger partial charge >= 0.3 is 0 Å². The molecule has 0 radical (unpaired) electrons. The number of nitrogens with zero attached hydrogens (tertiary/aromatic N) is 2. The normalized spacial score (nSPS) is 16.9. The summed E-state index contributed by atoms with van der Waals surface area (Å²) < 4.78 is 0. The first kappa shape index (κ1) is 17.8. The molecule has 0 aliphatic carbocycles. The largest absolute Gasteiger partial charge is 0.356 e. The van der Waals surface area contributed by atoms with E-state index in [9.17, 15) is 0 Å². The standard InChI is InChI=1S/C19H32N4/c1-3-12-21-19(20-2)22-15-17-10-6-7-11-18(17)16-23-13-8-4-5-9-14-23/h6-7,10-11H,3-5,8-9,12-16H2,1-2H3,(H2,20,21,22). The maximum atomic E-state index is 4.28. The van der Waals surface area contributed by atoms with Gasteiger partial charge in [-0.15, -0.1) is 0 Å². The predicted octanol–water partition coefficient (Wildman–Crippen LogP) is 3.14. The minimum Gasteiger partial charge on any atom is -0.356 e. The summed E-state index contributed by atoms with van der Waals surface area (Å²) in [5.74, 6) is 0.886. The minimum absolute atomic E-state index is 0.827. The Hall–Kier alpha value is -1.55. The second-order valence-electron chi connectivity index (χ2n) is 6.31. The highest BCUT2D eigenvalue weighted by molar-refractivity contribution is 5.79. The highest BCUT2D eigenvalue weighted by Crippen LogP contribution is 2.16. The summed E-state index contributed by atoms with van der Waals surface area (Å²) in [7, 11) is 1.83. The van der Waals surface area contributed by atoms with Crippen LogP contribution in [0.1, 0.15) is 50.2 Å². The summed E-state index contributed by atoms with van der Waals surface area (Å²) in [5, 5.41) is 6.76. The van der Waals surface area contributed by atoms with E-state index < -0.39 is 0 Å². The number of aliphatic imine (C=N–C) groups is 1. The van der Waals surface area contributed by atoms with Gasteiger partial charge < -0.3 is 10.6 Å². The van der Waals surface area contributed by atoms with Crippen molar-refractivity contribution in [3.05, 3.63) is 35.4 Å². The molecule has 1 saturated heterocycles. The Balaban J connectivity index is 1.93. The zero-order valence-corrected chi connectivity index (χ0v) is 14.8. The minimum atomic E-state index is 0.827.